The summed E-state index contributed by atoms with van der Waals surface area (Å²) in [5, 5.41) is 3.12. The van der Waals surface area contributed by atoms with Crippen molar-refractivity contribution in [2.75, 3.05) is 55.8 Å². The molecule has 2 amide bonds. The molecule has 2 saturated heterocycles. The Bertz CT molecular complexity index is 1840. The van der Waals surface area contributed by atoms with Gasteiger partial charge in [-0.05, 0) is 110 Å². The van der Waals surface area contributed by atoms with E-state index >= 15 is 0 Å². The van der Waals surface area contributed by atoms with Crippen molar-refractivity contribution in [3.05, 3.63) is 70.3 Å². The first-order valence-corrected chi connectivity index (χ1v) is 22.6. The second-order valence-electron chi connectivity index (χ2n) is 15.1. The van der Waals surface area contributed by atoms with Crippen molar-refractivity contribution >= 4 is 67.7 Å². The van der Waals surface area contributed by atoms with Crippen molar-refractivity contribution in [3.63, 3.8) is 0 Å². The number of ether oxygens (including phenoxy) is 2. The van der Waals surface area contributed by atoms with Crippen molar-refractivity contribution in [2.24, 2.45) is 17.8 Å². The number of hydrogen-bond acceptors (Lipinski definition) is 9. The standard InChI is InChI=1S/C32H37ClN2O5S.C6H10N2O2.CH3I.CH4/c1-20-5-3-7-29(36)26-11-8-24(26)17-35-18-32(14-4-6-22-15-25(33)10-12-27(22)32)19-40-30-13-9-23(16-28(30)35)31(37)34-41(38,39)21(20)2;9-6-8-2-1-7-3-5(8)4-10-6;1-2;/h3,7,9-10,12-13,15-16,20-21,24,26H,4-6,8,11,14,17-19H2,1-2H3,(H,34,37);5,7H,1-4H2;1H3;1H4/b7-3+;;;/t20-,21+,24-,26+,32-;5-;;/m00../s1. The minimum Gasteiger partial charge on any atom is -0.490 e. The average Bonchev–Trinajstić information content (AvgIpc) is 3.44. The summed E-state index contributed by atoms with van der Waals surface area (Å²) < 4.78 is 39.9. The first-order chi connectivity index (χ1) is 25.4. The fraction of sp³-hybridized carbons (Fsp3) is 0.575. The van der Waals surface area contributed by atoms with E-state index in [0.29, 0.717) is 44.5 Å². The van der Waals surface area contributed by atoms with Crippen molar-refractivity contribution in [1.29, 1.82) is 0 Å². The van der Waals surface area contributed by atoms with Gasteiger partial charge in [0.05, 0.1) is 23.6 Å². The Kier molecular flexibility index (Phi) is 14.0. The fourth-order valence-electron chi connectivity index (χ4n) is 8.40. The zero-order valence-corrected chi connectivity index (χ0v) is 34.3. The normalized spacial score (nSPS) is 30.3. The summed E-state index contributed by atoms with van der Waals surface area (Å²) in [6, 6.07) is 11.6. The Morgan fingerprint density at radius 1 is 1.04 bits per heavy atom. The third kappa shape index (κ3) is 8.89. The van der Waals surface area contributed by atoms with Gasteiger partial charge in [0.25, 0.3) is 5.91 Å². The molecule has 1 saturated carbocycles. The van der Waals surface area contributed by atoms with Gasteiger partial charge in [0, 0.05) is 54.6 Å². The average molecular weight is 897 g/mol. The Balaban J connectivity index is 0.000000368. The second-order valence-corrected chi connectivity index (χ2v) is 17.5. The molecule has 8 rings (SSSR count). The van der Waals surface area contributed by atoms with Gasteiger partial charge in [0.2, 0.25) is 10.0 Å². The van der Waals surface area contributed by atoms with Crippen LogP contribution in [0.2, 0.25) is 5.02 Å². The number of amides is 2. The van der Waals surface area contributed by atoms with E-state index in [9.17, 15) is 22.8 Å². The molecule has 296 valence electrons. The first-order valence-electron chi connectivity index (χ1n) is 18.5. The largest absolute Gasteiger partial charge is 0.490 e. The summed E-state index contributed by atoms with van der Waals surface area (Å²) in [7, 11) is -3.93. The van der Waals surface area contributed by atoms with E-state index in [0.717, 1.165) is 62.4 Å². The number of nitrogens with one attached hydrogen (secondary N) is 2. The van der Waals surface area contributed by atoms with E-state index in [-0.39, 0.29) is 48.0 Å². The number of ketones is 1. The summed E-state index contributed by atoms with van der Waals surface area (Å²) in [6.07, 6.45) is 8.45. The third-order valence-corrected chi connectivity index (χ3v) is 14.0. The van der Waals surface area contributed by atoms with Crippen molar-refractivity contribution < 1.29 is 32.3 Å². The number of rotatable bonds is 0. The molecule has 3 fully saturated rings. The lowest BCUT2D eigenvalue weighted by atomic mass is 9.68. The van der Waals surface area contributed by atoms with Gasteiger partial charge in [0.15, 0.2) is 5.78 Å². The zero-order chi connectivity index (χ0) is 37.9. The van der Waals surface area contributed by atoms with Gasteiger partial charge in [-0.15, -0.1) is 0 Å². The smallest absolute Gasteiger partial charge is 0.410 e. The SMILES string of the molecule is C.CI.C[C@@H]1[C@@H](C)C/C=C/C(=O)[C@@H]2CC[C@H]2CN2C[C@@]3(CCCc4cc(Cl)ccc43)COc3ccc(cc32)C(=O)NS1(=O)=O.O=C1OC[C@@H]2CNCCN12. The molecule has 0 unspecified atom stereocenters. The lowest BCUT2D eigenvalue weighted by Gasteiger charge is -2.44. The van der Waals surface area contributed by atoms with E-state index in [2.05, 4.69) is 49.7 Å². The van der Waals surface area contributed by atoms with E-state index in [1.54, 1.807) is 42.2 Å². The van der Waals surface area contributed by atoms with Crippen LogP contribution in [-0.2, 0) is 31.4 Å². The Morgan fingerprint density at radius 3 is 2.57 bits per heavy atom. The molecule has 14 heteroatoms. The molecule has 0 aromatic heterocycles. The maximum Gasteiger partial charge on any atom is 0.410 e. The number of benzene rings is 2. The maximum atomic E-state index is 13.3. The molecule has 2 bridgehead atoms. The number of carbonyl (C=O) groups is 3. The Hall–Kier alpha value is -2.88. The third-order valence-electron chi connectivity index (χ3n) is 11.8. The summed E-state index contributed by atoms with van der Waals surface area (Å²) >= 11 is 8.52. The Labute approximate surface area is 339 Å². The van der Waals surface area contributed by atoms with Crippen LogP contribution in [0.15, 0.2) is 48.6 Å². The van der Waals surface area contributed by atoms with Crippen LogP contribution in [0.25, 0.3) is 0 Å². The van der Waals surface area contributed by atoms with Crippen LogP contribution in [0.3, 0.4) is 0 Å². The number of halogens is 2. The molecule has 54 heavy (non-hydrogen) atoms. The molecule has 0 radical (unpaired) electrons. The predicted molar refractivity (Wildman–Crippen MR) is 222 cm³/mol. The number of fused-ring (bicyclic) bond motifs is 5. The molecular formula is C40H54ClIN4O7S. The van der Waals surface area contributed by atoms with Crippen LogP contribution >= 0.6 is 34.2 Å². The Morgan fingerprint density at radius 2 is 1.83 bits per heavy atom. The molecule has 4 heterocycles. The molecule has 1 spiro atoms. The van der Waals surface area contributed by atoms with E-state index in [1.165, 1.54) is 11.1 Å². The minimum atomic E-state index is -3.93. The van der Waals surface area contributed by atoms with Crippen LogP contribution in [0.4, 0.5) is 10.5 Å². The molecule has 2 aliphatic carbocycles. The van der Waals surface area contributed by atoms with Gasteiger partial charge >= 0.3 is 6.09 Å². The minimum absolute atomic E-state index is 0. The van der Waals surface area contributed by atoms with Crippen molar-refractivity contribution in [3.8, 4) is 5.75 Å². The van der Waals surface area contributed by atoms with Crippen LogP contribution in [0, 0.1) is 17.8 Å². The summed E-state index contributed by atoms with van der Waals surface area (Å²) in [5.41, 5.74) is 3.22. The van der Waals surface area contributed by atoms with Crippen LogP contribution in [0.5, 0.6) is 5.75 Å². The number of allylic oxidation sites excluding steroid dienone is 2. The maximum absolute atomic E-state index is 13.3. The second kappa shape index (κ2) is 17.9. The molecule has 11 nitrogen and oxygen atoms in total. The fourth-order valence-corrected chi connectivity index (χ4v) is 9.88. The van der Waals surface area contributed by atoms with Crippen LogP contribution in [0.1, 0.15) is 74.9 Å². The molecule has 4 aliphatic heterocycles. The van der Waals surface area contributed by atoms with E-state index in [4.69, 9.17) is 21.1 Å². The summed E-state index contributed by atoms with van der Waals surface area (Å²) in [4.78, 5) is 43.4. The highest BCUT2D eigenvalue weighted by molar-refractivity contribution is 14.1. The highest BCUT2D eigenvalue weighted by Crippen LogP contribution is 2.46. The van der Waals surface area contributed by atoms with Crippen molar-refractivity contribution in [2.45, 2.75) is 76.5 Å². The quantitative estimate of drug-likeness (QED) is 0.223. The van der Waals surface area contributed by atoms with E-state index in [1.807, 2.05) is 17.9 Å². The molecule has 2 N–H and O–H groups in total. The van der Waals surface area contributed by atoms with Crippen LogP contribution in [-0.4, -0.2) is 93.3 Å². The zero-order valence-electron chi connectivity index (χ0n) is 30.6. The van der Waals surface area contributed by atoms with Gasteiger partial charge < -0.3 is 19.7 Å². The number of sulfonamides is 1. The van der Waals surface area contributed by atoms with E-state index < -0.39 is 21.2 Å². The summed E-state index contributed by atoms with van der Waals surface area (Å²) in [6.45, 7) is 8.36. The van der Waals surface area contributed by atoms with Gasteiger partial charge in [0.1, 0.15) is 12.4 Å². The van der Waals surface area contributed by atoms with Gasteiger partial charge in [-0.3, -0.25) is 14.5 Å². The van der Waals surface area contributed by atoms with Gasteiger partial charge in [-0.2, -0.15) is 0 Å². The molecule has 2 aromatic rings. The lowest BCUT2D eigenvalue weighted by Crippen LogP contribution is -2.49. The molecular weight excluding hydrogens is 843 g/mol. The number of alkyl halides is 1. The number of carbonyl (C=O) groups excluding carboxylic acids is 3. The monoisotopic (exact) mass is 896 g/mol. The summed E-state index contributed by atoms with van der Waals surface area (Å²) in [5.74, 6) is -0.0319. The highest BCUT2D eigenvalue weighted by atomic mass is 127. The van der Waals surface area contributed by atoms with Crippen molar-refractivity contribution in [1.82, 2.24) is 14.9 Å². The first kappa shape index (κ1) is 42.3. The number of piperazine rings is 1. The number of nitrogens with zero attached hydrogens (tertiary/aromatic N) is 2. The van der Waals surface area contributed by atoms with Gasteiger partial charge in [-0.25, -0.2) is 17.9 Å². The predicted octanol–water partition coefficient (Wildman–Crippen LogP) is 6.55. The number of anilines is 1. The molecule has 6 atom stereocenters. The topological polar surface area (TPSA) is 134 Å². The number of cyclic esters (lactones) is 1. The number of hydrogen-bond donors (Lipinski definition) is 2. The molecule has 6 aliphatic rings. The lowest BCUT2D eigenvalue weighted by molar-refractivity contribution is -0.122. The molecule has 2 aromatic carbocycles. The number of aryl methyl sites for hydroxylation is 1. The van der Waals surface area contributed by atoms with Crippen LogP contribution < -0.4 is 19.7 Å². The van der Waals surface area contributed by atoms with Gasteiger partial charge in [-0.1, -0.05) is 60.7 Å². The highest BCUT2D eigenvalue weighted by Gasteiger charge is 2.44.